The number of halogens is 1. The number of hydrogen-bond donors (Lipinski definition) is 3. The number of nitrogens with zero attached hydrogens (tertiary/aromatic N) is 4. The summed E-state index contributed by atoms with van der Waals surface area (Å²) < 4.78 is 2.52. The van der Waals surface area contributed by atoms with E-state index in [1.807, 2.05) is 18.3 Å². The molecule has 1 aliphatic rings. The molecule has 3 heterocycles. The molecule has 0 aromatic carbocycles. The molecule has 124 valence electrons. The van der Waals surface area contributed by atoms with Crippen molar-refractivity contribution in [3.63, 3.8) is 0 Å². The summed E-state index contributed by atoms with van der Waals surface area (Å²) in [6.07, 6.45) is 5.83. The lowest BCUT2D eigenvalue weighted by atomic mass is 10.1. The predicted octanol–water partition coefficient (Wildman–Crippen LogP) is 1.41. The number of fused-ring (bicyclic) bond motifs is 1. The summed E-state index contributed by atoms with van der Waals surface area (Å²) in [4.78, 5) is 4.81. The average Bonchev–Trinajstić information content (AvgIpc) is 3.14. The van der Waals surface area contributed by atoms with Crippen molar-refractivity contribution in [2.45, 2.75) is 19.8 Å². The van der Waals surface area contributed by atoms with Gasteiger partial charge < -0.3 is 16.1 Å². The van der Waals surface area contributed by atoms with Crippen LogP contribution in [0.3, 0.4) is 0 Å². The van der Waals surface area contributed by atoms with Crippen molar-refractivity contribution in [2.24, 2.45) is 0 Å². The Bertz CT molecular complexity index is 737. The van der Waals surface area contributed by atoms with Gasteiger partial charge in [0.25, 0.3) is 0 Å². The molecular formula is C15H22BrN7. The minimum atomic E-state index is 0.589. The van der Waals surface area contributed by atoms with Gasteiger partial charge >= 0.3 is 0 Å². The molecule has 0 fully saturated rings. The van der Waals surface area contributed by atoms with Crippen LogP contribution < -0.4 is 16.5 Å². The van der Waals surface area contributed by atoms with Crippen LogP contribution in [0.15, 0.2) is 16.9 Å². The summed E-state index contributed by atoms with van der Waals surface area (Å²) in [6, 6.07) is 0. The molecule has 0 atom stereocenters. The van der Waals surface area contributed by atoms with Crippen molar-refractivity contribution < 1.29 is 0 Å². The zero-order valence-corrected chi connectivity index (χ0v) is 15.0. The Morgan fingerprint density at radius 1 is 1.43 bits per heavy atom. The van der Waals surface area contributed by atoms with Gasteiger partial charge in [-0.25, -0.2) is 10.4 Å². The van der Waals surface area contributed by atoms with Crippen LogP contribution in [0.2, 0.25) is 0 Å². The summed E-state index contributed by atoms with van der Waals surface area (Å²) in [5.74, 6) is 0.589. The Balaban J connectivity index is 1.95. The van der Waals surface area contributed by atoms with Gasteiger partial charge in [0.15, 0.2) is 5.65 Å². The Morgan fingerprint density at radius 3 is 2.96 bits per heavy atom. The topological polar surface area (TPSA) is 83.5 Å². The van der Waals surface area contributed by atoms with Crippen LogP contribution in [0.1, 0.15) is 24.6 Å². The third kappa shape index (κ3) is 3.19. The molecule has 0 spiro atoms. The van der Waals surface area contributed by atoms with Gasteiger partial charge in [-0.1, -0.05) is 6.92 Å². The molecule has 2 aromatic heterocycles. The monoisotopic (exact) mass is 379 g/mol. The predicted molar refractivity (Wildman–Crippen MR) is 95.7 cm³/mol. The average molecular weight is 380 g/mol. The Hall–Kier alpha value is -1.64. The molecule has 3 rings (SSSR count). The van der Waals surface area contributed by atoms with Gasteiger partial charge in [0.1, 0.15) is 5.82 Å². The standard InChI is InChI=1S/C15H22BrN7/c1-3-5-18-6-4-12-13(16)14(17)23-15(21-12)11(8-20-23)10-7-19-22(2)9-10/h8-9,18-19H,3-7,17H2,1-2H3. The van der Waals surface area contributed by atoms with Crippen LogP contribution in [-0.4, -0.2) is 46.3 Å². The zero-order valence-electron chi connectivity index (χ0n) is 13.4. The molecule has 8 heteroatoms. The molecule has 2 aromatic rings. The van der Waals surface area contributed by atoms with E-state index in [-0.39, 0.29) is 0 Å². The van der Waals surface area contributed by atoms with E-state index in [4.69, 9.17) is 10.7 Å². The summed E-state index contributed by atoms with van der Waals surface area (Å²) >= 11 is 3.56. The third-order valence-corrected chi connectivity index (χ3v) is 4.73. The highest BCUT2D eigenvalue weighted by molar-refractivity contribution is 9.10. The Kier molecular flexibility index (Phi) is 4.84. The fraction of sp³-hybridized carbons (Fsp3) is 0.467. The lowest BCUT2D eigenvalue weighted by Gasteiger charge is -2.10. The number of anilines is 1. The van der Waals surface area contributed by atoms with E-state index in [0.29, 0.717) is 5.82 Å². The lowest BCUT2D eigenvalue weighted by molar-refractivity contribution is 0.374. The first-order chi connectivity index (χ1) is 11.1. The minimum absolute atomic E-state index is 0.589. The second-order valence-corrected chi connectivity index (χ2v) is 6.44. The molecule has 0 aliphatic carbocycles. The van der Waals surface area contributed by atoms with E-state index in [2.05, 4.69) is 44.9 Å². The number of nitrogens with two attached hydrogens (primary N) is 1. The molecule has 4 N–H and O–H groups in total. The van der Waals surface area contributed by atoms with Gasteiger partial charge in [0.2, 0.25) is 0 Å². The first-order valence-corrected chi connectivity index (χ1v) is 8.60. The van der Waals surface area contributed by atoms with E-state index < -0.39 is 0 Å². The number of hydrazine groups is 1. The number of aromatic nitrogens is 3. The van der Waals surface area contributed by atoms with Crippen LogP contribution in [0.5, 0.6) is 0 Å². The van der Waals surface area contributed by atoms with Gasteiger partial charge in [0.05, 0.1) is 16.4 Å². The van der Waals surface area contributed by atoms with Crippen LogP contribution in [0.4, 0.5) is 5.82 Å². The SMILES string of the molecule is CCCNCCc1nc2c(C3=CN(C)NC3)cnn2c(N)c1Br. The second kappa shape index (κ2) is 6.86. The number of nitrogens with one attached hydrogen (secondary N) is 2. The lowest BCUT2D eigenvalue weighted by Crippen LogP contribution is -2.23. The van der Waals surface area contributed by atoms with Crippen molar-refractivity contribution in [1.29, 1.82) is 0 Å². The van der Waals surface area contributed by atoms with Crippen LogP contribution >= 0.6 is 15.9 Å². The molecular weight excluding hydrogens is 358 g/mol. The van der Waals surface area contributed by atoms with E-state index >= 15 is 0 Å². The largest absolute Gasteiger partial charge is 0.383 e. The minimum Gasteiger partial charge on any atom is -0.383 e. The first kappa shape index (κ1) is 16.2. The summed E-state index contributed by atoms with van der Waals surface area (Å²) in [7, 11) is 1.97. The molecule has 7 nitrogen and oxygen atoms in total. The Morgan fingerprint density at radius 2 is 2.26 bits per heavy atom. The number of hydrogen-bond acceptors (Lipinski definition) is 6. The molecule has 0 radical (unpaired) electrons. The van der Waals surface area contributed by atoms with Crippen LogP contribution in [0.25, 0.3) is 11.2 Å². The maximum absolute atomic E-state index is 6.24. The Labute approximate surface area is 144 Å². The van der Waals surface area contributed by atoms with Crippen molar-refractivity contribution in [1.82, 2.24) is 30.3 Å². The van der Waals surface area contributed by atoms with Crippen LogP contribution in [-0.2, 0) is 6.42 Å². The van der Waals surface area contributed by atoms with E-state index in [1.54, 1.807) is 4.52 Å². The molecule has 23 heavy (non-hydrogen) atoms. The molecule has 0 unspecified atom stereocenters. The highest BCUT2D eigenvalue weighted by Gasteiger charge is 2.19. The van der Waals surface area contributed by atoms with Crippen molar-refractivity contribution in [2.75, 3.05) is 32.4 Å². The summed E-state index contributed by atoms with van der Waals surface area (Å²) in [5.41, 5.74) is 13.4. The summed E-state index contributed by atoms with van der Waals surface area (Å²) in [6.45, 7) is 4.82. The zero-order chi connectivity index (χ0) is 16.4. The van der Waals surface area contributed by atoms with E-state index in [9.17, 15) is 0 Å². The summed E-state index contributed by atoms with van der Waals surface area (Å²) in [5, 5.41) is 9.73. The number of nitrogen functional groups attached to an aromatic ring is 1. The quantitative estimate of drug-likeness (QED) is 0.658. The second-order valence-electron chi connectivity index (χ2n) is 5.65. The van der Waals surface area contributed by atoms with Crippen molar-refractivity contribution in [3.8, 4) is 0 Å². The highest BCUT2D eigenvalue weighted by Crippen LogP contribution is 2.28. The van der Waals surface area contributed by atoms with Crippen molar-refractivity contribution >= 4 is 33.0 Å². The molecule has 0 saturated carbocycles. The molecule has 0 amide bonds. The van der Waals surface area contributed by atoms with Gasteiger partial charge in [-0.2, -0.15) is 9.61 Å². The molecule has 0 saturated heterocycles. The molecule has 0 bridgehead atoms. The van der Waals surface area contributed by atoms with Crippen molar-refractivity contribution in [3.05, 3.63) is 28.1 Å². The maximum atomic E-state index is 6.24. The van der Waals surface area contributed by atoms with Gasteiger partial charge in [-0.3, -0.25) is 0 Å². The van der Waals surface area contributed by atoms with Gasteiger partial charge in [0, 0.05) is 38.3 Å². The van der Waals surface area contributed by atoms with Gasteiger partial charge in [-0.05, 0) is 34.5 Å². The normalized spacial score (nSPS) is 14.7. The van der Waals surface area contributed by atoms with Crippen LogP contribution in [0, 0.1) is 0 Å². The fourth-order valence-electron chi connectivity index (χ4n) is 2.64. The maximum Gasteiger partial charge on any atom is 0.165 e. The van der Waals surface area contributed by atoms with E-state index in [0.717, 1.165) is 59.4 Å². The first-order valence-electron chi connectivity index (χ1n) is 7.81. The third-order valence-electron chi connectivity index (χ3n) is 3.87. The smallest absolute Gasteiger partial charge is 0.165 e. The number of rotatable bonds is 6. The highest BCUT2D eigenvalue weighted by atomic mass is 79.9. The van der Waals surface area contributed by atoms with Gasteiger partial charge in [-0.15, -0.1) is 0 Å². The fourth-order valence-corrected chi connectivity index (χ4v) is 3.10. The molecule has 1 aliphatic heterocycles. The van der Waals surface area contributed by atoms with E-state index in [1.165, 1.54) is 0 Å².